The van der Waals surface area contributed by atoms with Crippen LogP contribution >= 0.6 is 7.82 Å². The average Bonchev–Trinajstić information content (AvgIpc) is 2.97. The van der Waals surface area contributed by atoms with Crippen molar-refractivity contribution in [2.45, 2.75) is 148 Å². The van der Waals surface area contributed by atoms with Gasteiger partial charge in [-0.15, -0.1) is 0 Å². The largest absolute Gasteiger partial charge is 0.472 e. The summed E-state index contributed by atoms with van der Waals surface area (Å²) < 4.78 is 23.3. The fraction of sp³-hybridized carbons (Fsp3) is 0.806. The Bertz CT molecular complexity index is 840. The number of carbonyl (C=O) groups is 1. The van der Waals surface area contributed by atoms with Gasteiger partial charge >= 0.3 is 7.82 Å². The second-order valence-corrected chi connectivity index (χ2v) is 14.7. The number of amides is 1. The van der Waals surface area contributed by atoms with E-state index in [1.54, 1.807) is 6.08 Å². The molecule has 0 aliphatic carbocycles. The molecule has 0 aromatic heterocycles. The van der Waals surface area contributed by atoms with E-state index in [1.807, 2.05) is 27.2 Å². The number of aliphatic hydroxyl groups excluding tert-OH is 1. The first-order valence-electron chi connectivity index (χ1n) is 17.9. The van der Waals surface area contributed by atoms with Crippen LogP contribution in [0, 0.1) is 0 Å². The summed E-state index contributed by atoms with van der Waals surface area (Å²) in [5.74, 6) is -0.203. The molecule has 0 radical (unpaired) electrons. The molecule has 9 heteroatoms. The van der Waals surface area contributed by atoms with Crippen LogP contribution in [0.5, 0.6) is 0 Å². The summed E-state index contributed by atoms with van der Waals surface area (Å²) in [6, 6.07) is -0.862. The first-order chi connectivity index (χ1) is 21.5. The maximum atomic E-state index is 12.7. The van der Waals surface area contributed by atoms with Crippen molar-refractivity contribution in [3.05, 3.63) is 36.5 Å². The number of phosphoric acid groups is 1. The van der Waals surface area contributed by atoms with Crippen LogP contribution in [0.2, 0.25) is 0 Å². The Morgan fingerprint density at radius 2 is 1.27 bits per heavy atom. The number of aliphatic hydroxyl groups is 1. The van der Waals surface area contributed by atoms with Gasteiger partial charge in [-0.05, 0) is 51.4 Å². The number of nitrogens with zero attached hydrogens (tertiary/aromatic N) is 1. The number of hydrogen-bond acceptors (Lipinski definition) is 5. The number of carbonyl (C=O) groups excluding carboxylic acids is 1. The molecule has 0 fully saturated rings. The predicted molar refractivity (Wildman–Crippen MR) is 189 cm³/mol. The molecule has 0 spiro atoms. The quantitative estimate of drug-likeness (QED) is 0.0298. The summed E-state index contributed by atoms with van der Waals surface area (Å²) in [5.41, 5.74) is 0. The minimum absolute atomic E-state index is 0.0538. The molecular weight excluding hydrogens is 587 g/mol. The summed E-state index contributed by atoms with van der Waals surface area (Å²) in [5, 5.41) is 13.7. The molecule has 3 N–H and O–H groups in total. The van der Waals surface area contributed by atoms with Crippen LogP contribution in [0.4, 0.5) is 0 Å². The molecule has 0 saturated heterocycles. The molecule has 0 saturated carbocycles. The highest BCUT2D eigenvalue weighted by molar-refractivity contribution is 7.47. The van der Waals surface area contributed by atoms with Crippen molar-refractivity contribution in [2.75, 3.05) is 40.9 Å². The van der Waals surface area contributed by atoms with Gasteiger partial charge in [-0.3, -0.25) is 13.8 Å². The molecule has 3 unspecified atom stereocenters. The lowest BCUT2D eigenvalue weighted by molar-refractivity contribution is -0.870. The van der Waals surface area contributed by atoms with Crippen LogP contribution < -0.4 is 5.32 Å². The summed E-state index contributed by atoms with van der Waals surface area (Å²) in [6.45, 7) is 4.67. The predicted octanol–water partition coefficient (Wildman–Crippen LogP) is 8.79. The number of hydrogen-bond donors (Lipinski definition) is 3. The van der Waals surface area contributed by atoms with Gasteiger partial charge in [-0.2, -0.15) is 0 Å². The highest BCUT2D eigenvalue weighted by atomic mass is 31.2. The Balaban J connectivity index is 4.67. The summed E-state index contributed by atoms with van der Waals surface area (Å²) in [7, 11) is 1.54. The van der Waals surface area contributed by atoms with E-state index >= 15 is 0 Å². The Morgan fingerprint density at radius 3 is 1.87 bits per heavy atom. The molecule has 3 atom stereocenters. The highest BCUT2D eigenvalue weighted by Crippen LogP contribution is 2.43. The van der Waals surface area contributed by atoms with E-state index in [4.69, 9.17) is 9.05 Å². The number of rotatable bonds is 31. The van der Waals surface area contributed by atoms with Crippen molar-refractivity contribution in [3.8, 4) is 0 Å². The second kappa shape index (κ2) is 28.9. The van der Waals surface area contributed by atoms with Gasteiger partial charge in [0.1, 0.15) is 13.2 Å². The zero-order valence-corrected chi connectivity index (χ0v) is 30.5. The van der Waals surface area contributed by atoms with Crippen LogP contribution in [-0.2, 0) is 18.4 Å². The molecule has 0 heterocycles. The lowest BCUT2D eigenvalue weighted by Crippen LogP contribution is -2.45. The monoisotopic (exact) mass is 657 g/mol. The molecule has 0 bridgehead atoms. The van der Waals surface area contributed by atoms with Crippen molar-refractivity contribution < 1.29 is 32.9 Å². The molecule has 0 aliphatic heterocycles. The van der Waals surface area contributed by atoms with E-state index < -0.39 is 20.0 Å². The molecule has 8 nitrogen and oxygen atoms in total. The first-order valence-corrected chi connectivity index (χ1v) is 19.4. The molecule has 0 aliphatic rings. The number of allylic oxidation sites excluding steroid dienone is 5. The summed E-state index contributed by atoms with van der Waals surface area (Å²) in [6.07, 6.45) is 32.1. The Kier molecular flexibility index (Phi) is 28.1. The Labute approximate surface area is 276 Å². The molecule has 264 valence electrons. The maximum absolute atomic E-state index is 12.7. The number of nitrogens with one attached hydrogen (secondary N) is 1. The molecule has 45 heavy (non-hydrogen) atoms. The Morgan fingerprint density at radius 1 is 0.733 bits per heavy atom. The zero-order valence-electron chi connectivity index (χ0n) is 29.6. The second-order valence-electron chi connectivity index (χ2n) is 13.2. The lowest BCUT2D eigenvalue weighted by atomic mass is 10.1. The number of quaternary nitrogens is 1. The van der Waals surface area contributed by atoms with Gasteiger partial charge in [0.05, 0.1) is 39.9 Å². The van der Waals surface area contributed by atoms with Gasteiger partial charge in [0, 0.05) is 6.42 Å². The average molecular weight is 658 g/mol. The molecule has 0 aromatic carbocycles. The van der Waals surface area contributed by atoms with Gasteiger partial charge in [0.2, 0.25) is 5.91 Å². The van der Waals surface area contributed by atoms with Crippen molar-refractivity contribution in [1.29, 1.82) is 0 Å². The van der Waals surface area contributed by atoms with Gasteiger partial charge in [0.15, 0.2) is 0 Å². The smallest absolute Gasteiger partial charge is 0.387 e. The van der Waals surface area contributed by atoms with E-state index in [0.29, 0.717) is 17.4 Å². The van der Waals surface area contributed by atoms with Crippen molar-refractivity contribution in [1.82, 2.24) is 5.32 Å². The topological polar surface area (TPSA) is 105 Å². The van der Waals surface area contributed by atoms with Crippen molar-refractivity contribution in [3.63, 3.8) is 0 Å². The van der Waals surface area contributed by atoms with E-state index in [2.05, 4.69) is 43.5 Å². The number of likely N-dealkylation sites (N-methyl/N-ethyl adjacent to an activating group) is 1. The minimum atomic E-state index is -4.33. The Hall–Kier alpha value is -1.28. The third kappa shape index (κ3) is 31.1. The standard InChI is InChI=1S/C36H69N2O6P/c1-6-8-10-12-14-16-18-19-20-21-23-25-27-29-35(39)34(33-44-45(41,42)43-32-31-38(3,4)5)37-36(40)30-28-26-24-22-17-15-13-11-9-7-2/h11,13,20-21,27,29,34-35,39H,6-10,12,14-19,22-26,28,30-33H2,1-5H3,(H-,37,40,41,42)/p+1/b13-11-,21-20+,29-27+. The van der Waals surface area contributed by atoms with Gasteiger partial charge in [-0.1, -0.05) is 115 Å². The van der Waals surface area contributed by atoms with Crippen molar-refractivity contribution >= 4 is 13.7 Å². The van der Waals surface area contributed by atoms with E-state index in [-0.39, 0.29) is 19.1 Å². The first kappa shape index (κ1) is 43.7. The third-order valence-corrected chi connectivity index (χ3v) is 8.55. The van der Waals surface area contributed by atoms with E-state index in [9.17, 15) is 19.4 Å². The van der Waals surface area contributed by atoms with Crippen LogP contribution in [0.3, 0.4) is 0 Å². The van der Waals surface area contributed by atoms with Gasteiger partial charge in [0.25, 0.3) is 0 Å². The molecule has 0 rings (SSSR count). The van der Waals surface area contributed by atoms with Crippen LogP contribution in [0.25, 0.3) is 0 Å². The van der Waals surface area contributed by atoms with E-state index in [0.717, 1.165) is 64.2 Å². The fourth-order valence-electron chi connectivity index (χ4n) is 4.64. The number of unbranched alkanes of at least 4 members (excludes halogenated alkanes) is 14. The van der Waals surface area contributed by atoms with Crippen molar-refractivity contribution in [2.24, 2.45) is 0 Å². The summed E-state index contributed by atoms with van der Waals surface area (Å²) >= 11 is 0. The van der Waals surface area contributed by atoms with Crippen LogP contribution in [0.15, 0.2) is 36.5 Å². The van der Waals surface area contributed by atoms with E-state index in [1.165, 1.54) is 51.4 Å². The number of phosphoric ester groups is 1. The van der Waals surface area contributed by atoms with Gasteiger partial charge in [-0.25, -0.2) is 4.57 Å². The zero-order chi connectivity index (χ0) is 33.7. The third-order valence-electron chi connectivity index (χ3n) is 7.56. The SMILES string of the molecule is CCC/C=C\CCCCCCCC(=O)NC(COP(=O)(O)OCC[N+](C)(C)C)C(O)/C=C/CC/C=C/CCCCCCCCC. The normalized spacial score (nSPS) is 15.3. The molecular formula is C36H70N2O6P+. The maximum Gasteiger partial charge on any atom is 0.472 e. The lowest BCUT2D eigenvalue weighted by Gasteiger charge is -2.25. The summed E-state index contributed by atoms with van der Waals surface area (Å²) in [4.78, 5) is 22.9. The van der Waals surface area contributed by atoms with Crippen LogP contribution in [0.1, 0.15) is 136 Å². The molecule has 1 amide bonds. The van der Waals surface area contributed by atoms with Gasteiger partial charge < -0.3 is 19.8 Å². The molecule has 0 aromatic rings. The highest BCUT2D eigenvalue weighted by Gasteiger charge is 2.27. The minimum Gasteiger partial charge on any atom is -0.387 e. The fourth-order valence-corrected chi connectivity index (χ4v) is 5.38. The van der Waals surface area contributed by atoms with Crippen LogP contribution in [-0.4, -0.2) is 73.4 Å².